The van der Waals surface area contributed by atoms with Gasteiger partial charge in [-0.05, 0) is 6.07 Å². The minimum absolute atomic E-state index is 0.0942. The maximum atomic E-state index is 10.6. The number of thioether (sulfide) groups is 1. The molecule has 0 saturated carbocycles. The number of anilines is 1. The van der Waals surface area contributed by atoms with Gasteiger partial charge < -0.3 is 15.4 Å². The summed E-state index contributed by atoms with van der Waals surface area (Å²) in [6.45, 7) is 0. The Morgan fingerprint density at radius 2 is 2.41 bits per heavy atom. The number of hydrogen-bond donors (Lipinski definition) is 2. The molecule has 0 aliphatic rings. The first kappa shape index (κ1) is 11.5. The minimum Gasteiger partial charge on any atom is -0.476 e. The maximum Gasteiger partial charge on any atom is 0.358 e. The number of aromatic carboxylic acids is 1. The number of carboxylic acids is 1. The Kier molecular flexibility index (Phi) is 3.29. The minimum atomic E-state index is -1.10. The van der Waals surface area contributed by atoms with Crippen molar-refractivity contribution in [2.24, 2.45) is 0 Å². The van der Waals surface area contributed by atoms with Crippen LogP contribution in [0.25, 0.3) is 0 Å². The molecule has 88 valence electrons. The smallest absolute Gasteiger partial charge is 0.358 e. The molecule has 0 fully saturated rings. The van der Waals surface area contributed by atoms with Crippen LogP contribution in [-0.4, -0.2) is 21.2 Å². The number of pyridine rings is 1. The fraction of sp³-hybridized carbons (Fsp3) is 0.100. The number of carbonyl (C=O) groups is 1. The lowest BCUT2D eigenvalue weighted by Gasteiger charge is -2.01. The highest BCUT2D eigenvalue weighted by Gasteiger charge is 2.11. The van der Waals surface area contributed by atoms with Gasteiger partial charge in [-0.25, -0.2) is 4.79 Å². The van der Waals surface area contributed by atoms with Gasteiger partial charge in [0.05, 0.1) is 17.6 Å². The number of aromatic nitrogens is 2. The normalized spacial score (nSPS) is 10.4. The van der Waals surface area contributed by atoms with E-state index in [-0.39, 0.29) is 5.69 Å². The first-order valence-electron chi connectivity index (χ1n) is 4.68. The zero-order chi connectivity index (χ0) is 12.3. The Morgan fingerprint density at radius 1 is 1.59 bits per heavy atom. The van der Waals surface area contributed by atoms with Crippen molar-refractivity contribution < 1.29 is 14.4 Å². The molecule has 0 aliphatic heterocycles. The molecule has 0 atom stereocenters. The largest absolute Gasteiger partial charge is 0.476 e. The van der Waals surface area contributed by atoms with Crippen LogP contribution in [-0.2, 0) is 5.75 Å². The lowest BCUT2D eigenvalue weighted by molar-refractivity contribution is 0.0685. The molecule has 3 N–H and O–H groups in total. The molecule has 2 aromatic rings. The number of rotatable bonds is 4. The van der Waals surface area contributed by atoms with Gasteiger partial charge in [-0.2, -0.15) is 0 Å². The predicted molar refractivity (Wildman–Crippen MR) is 61.7 cm³/mol. The first-order chi connectivity index (χ1) is 8.16. The molecule has 0 aliphatic carbocycles. The SMILES string of the molecule is Nc1cnccc1SCc1cc(C(=O)O)no1. The summed E-state index contributed by atoms with van der Waals surface area (Å²) in [5.74, 6) is -0.147. The molecule has 2 rings (SSSR count). The highest BCUT2D eigenvalue weighted by molar-refractivity contribution is 7.98. The fourth-order valence-corrected chi connectivity index (χ4v) is 1.97. The Morgan fingerprint density at radius 3 is 3.06 bits per heavy atom. The number of hydrogen-bond acceptors (Lipinski definition) is 6. The molecular weight excluding hydrogens is 242 g/mol. The summed E-state index contributed by atoms with van der Waals surface area (Å²) in [6, 6.07) is 3.18. The molecule has 2 heterocycles. The lowest BCUT2D eigenvalue weighted by Crippen LogP contribution is -1.94. The standard InChI is InChI=1S/C10H9N3O3S/c11-7-4-12-2-1-9(7)17-5-6-3-8(10(14)15)13-16-6/h1-4H,5,11H2,(H,14,15). The number of carboxylic acid groups (broad SMARTS) is 1. The van der Waals surface area contributed by atoms with Gasteiger partial charge in [0.1, 0.15) is 5.76 Å². The van der Waals surface area contributed by atoms with Crippen LogP contribution in [0, 0.1) is 0 Å². The zero-order valence-corrected chi connectivity index (χ0v) is 9.48. The van der Waals surface area contributed by atoms with Gasteiger partial charge in [0.2, 0.25) is 0 Å². The van der Waals surface area contributed by atoms with E-state index in [9.17, 15) is 4.79 Å². The highest BCUT2D eigenvalue weighted by atomic mass is 32.2. The van der Waals surface area contributed by atoms with E-state index < -0.39 is 5.97 Å². The summed E-state index contributed by atoms with van der Waals surface area (Å²) in [5.41, 5.74) is 6.20. The summed E-state index contributed by atoms with van der Waals surface area (Å²) >= 11 is 1.43. The van der Waals surface area contributed by atoms with Gasteiger partial charge in [-0.15, -0.1) is 11.8 Å². The van der Waals surface area contributed by atoms with Gasteiger partial charge in [0.25, 0.3) is 0 Å². The van der Waals surface area contributed by atoms with Crippen molar-refractivity contribution in [3.8, 4) is 0 Å². The maximum absolute atomic E-state index is 10.6. The Bertz CT molecular complexity index is 541. The first-order valence-corrected chi connectivity index (χ1v) is 5.66. The van der Waals surface area contributed by atoms with Gasteiger partial charge in [-0.3, -0.25) is 4.98 Å². The van der Waals surface area contributed by atoms with Crippen molar-refractivity contribution in [1.29, 1.82) is 0 Å². The second-order valence-electron chi connectivity index (χ2n) is 3.19. The number of nitrogens with zero attached hydrogens (tertiary/aromatic N) is 2. The van der Waals surface area contributed by atoms with Crippen molar-refractivity contribution in [1.82, 2.24) is 10.1 Å². The van der Waals surface area contributed by atoms with Crippen molar-refractivity contribution in [3.05, 3.63) is 36.0 Å². The molecule has 0 saturated heterocycles. The van der Waals surface area contributed by atoms with Crippen LogP contribution in [0.5, 0.6) is 0 Å². The third kappa shape index (κ3) is 2.76. The zero-order valence-electron chi connectivity index (χ0n) is 8.66. The van der Waals surface area contributed by atoms with E-state index in [4.69, 9.17) is 15.4 Å². The molecule has 0 unspecified atom stereocenters. The molecule has 0 amide bonds. The lowest BCUT2D eigenvalue weighted by atomic mass is 10.4. The van der Waals surface area contributed by atoms with E-state index in [0.717, 1.165) is 4.90 Å². The van der Waals surface area contributed by atoms with Gasteiger partial charge >= 0.3 is 5.97 Å². The molecule has 0 bridgehead atoms. The van der Waals surface area contributed by atoms with Crippen molar-refractivity contribution >= 4 is 23.4 Å². The average molecular weight is 251 g/mol. The summed E-state index contributed by atoms with van der Waals surface area (Å²) in [6.07, 6.45) is 3.20. The van der Waals surface area contributed by atoms with Gasteiger partial charge in [0.15, 0.2) is 5.69 Å². The van der Waals surface area contributed by atoms with Crippen molar-refractivity contribution in [2.45, 2.75) is 10.6 Å². The average Bonchev–Trinajstić information content (AvgIpc) is 2.77. The quantitative estimate of drug-likeness (QED) is 0.796. The van der Waals surface area contributed by atoms with Crippen LogP contribution >= 0.6 is 11.8 Å². The molecule has 2 aromatic heterocycles. The highest BCUT2D eigenvalue weighted by Crippen LogP contribution is 2.27. The van der Waals surface area contributed by atoms with E-state index in [1.54, 1.807) is 18.5 Å². The monoisotopic (exact) mass is 251 g/mol. The van der Waals surface area contributed by atoms with Crippen LogP contribution in [0.15, 0.2) is 33.9 Å². The van der Waals surface area contributed by atoms with Crippen LogP contribution < -0.4 is 5.73 Å². The molecule has 0 aromatic carbocycles. The van der Waals surface area contributed by atoms with Crippen LogP contribution in [0.2, 0.25) is 0 Å². The number of nitrogens with two attached hydrogens (primary N) is 1. The van der Waals surface area contributed by atoms with Gasteiger partial charge in [-0.1, -0.05) is 5.16 Å². The van der Waals surface area contributed by atoms with Crippen molar-refractivity contribution in [3.63, 3.8) is 0 Å². The molecule has 0 spiro atoms. The Hall–Kier alpha value is -2.02. The predicted octanol–water partition coefficient (Wildman–Crippen LogP) is 1.64. The molecule has 0 radical (unpaired) electrons. The summed E-state index contributed by atoms with van der Waals surface area (Å²) < 4.78 is 4.88. The van der Waals surface area contributed by atoms with E-state index in [1.165, 1.54) is 17.8 Å². The third-order valence-corrected chi connectivity index (χ3v) is 3.07. The second-order valence-corrected chi connectivity index (χ2v) is 4.20. The summed E-state index contributed by atoms with van der Waals surface area (Å²) in [7, 11) is 0. The molecule has 7 heteroatoms. The molecule has 17 heavy (non-hydrogen) atoms. The molecular formula is C10H9N3O3S. The third-order valence-electron chi connectivity index (χ3n) is 1.96. The van der Waals surface area contributed by atoms with Crippen molar-refractivity contribution in [2.75, 3.05) is 5.73 Å². The van der Waals surface area contributed by atoms with E-state index >= 15 is 0 Å². The van der Waals surface area contributed by atoms with Gasteiger partial charge in [0, 0.05) is 17.2 Å². The topological polar surface area (TPSA) is 102 Å². The fourth-order valence-electron chi connectivity index (χ4n) is 1.16. The van der Waals surface area contributed by atoms with E-state index in [1.807, 2.05) is 0 Å². The van der Waals surface area contributed by atoms with Crippen LogP contribution in [0.1, 0.15) is 16.2 Å². The summed E-state index contributed by atoms with van der Waals surface area (Å²) in [5, 5.41) is 12.1. The summed E-state index contributed by atoms with van der Waals surface area (Å²) in [4.78, 5) is 15.3. The molecule has 6 nitrogen and oxygen atoms in total. The number of nitrogen functional groups attached to an aromatic ring is 1. The Balaban J connectivity index is 2.02. The Labute approximate surface area is 101 Å². The second kappa shape index (κ2) is 4.88. The van der Waals surface area contributed by atoms with E-state index in [0.29, 0.717) is 17.2 Å². The van der Waals surface area contributed by atoms with Crippen LogP contribution in [0.3, 0.4) is 0 Å². The van der Waals surface area contributed by atoms with Crippen LogP contribution in [0.4, 0.5) is 5.69 Å². The van der Waals surface area contributed by atoms with E-state index in [2.05, 4.69) is 10.1 Å².